The highest BCUT2D eigenvalue weighted by atomic mass is 32.1. The van der Waals surface area contributed by atoms with E-state index in [0.29, 0.717) is 11.4 Å². The molecule has 2 rings (SSSR count). The van der Waals surface area contributed by atoms with E-state index in [4.69, 9.17) is 17.0 Å². The van der Waals surface area contributed by atoms with Crippen molar-refractivity contribution in [2.75, 3.05) is 12.4 Å². The van der Waals surface area contributed by atoms with Crippen LogP contribution in [0.25, 0.3) is 0 Å². The number of aromatic nitrogens is 1. The summed E-state index contributed by atoms with van der Waals surface area (Å²) in [7, 11) is 3.11. The molecule has 9 nitrogen and oxygen atoms in total. The molecule has 1 aromatic carbocycles. The van der Waals surface area contributed by atoms with Gasteiger partial charge in [-0.15, -0.1) is 0 Å². The Morgan fingerprint density at radius 3 is 2.50 bits per heavy atom. The molecule has 0 spiro atoms. The maximum absolute atomic E-state index is 12.0. The van der Waals surface area contributed by atoms with E-state index >= 15 is 0 Å². The Bertz CT molecular complexity index is 772. The normalized spacial score (nSPS) is 9.92. The zero-order chi connectivity index (χ0) is 17.7. The maximum atomic E-state index is 12.0. The number of hydrazine groups is 1. The summed E-state index contributed by atoms with van der Waals surface area (Å²) in [6, 6.07) is 8.21. The van der Waals surface area contributed by atoms with Gasteiger partial charge in [-0.1, -0.05) is 0 Å². The van der Waals surface area contributed by atoms with Gasteiger partial charge in [0.2, 0.25) is 0 Å². The number of anilines is 1. The molecule has 24 heavy (non-hydrogen) atoms. The Kier molecular flexibility index (Phi) is 5.32. The van der Waals surface area contributed by atoms with Gasteiger partial charge in [0.15, 0.2) is 5.11 Å². The summed E-state index contributed by atoms with van der Waals surface area (Å²) in [5, 5.41) is 13.7. The minimum absolute atomic E-state index is 0.126. The molecular weight excluding hydrogens is 334 g/mol. The topological polar surface area (TPSA) is 110 Å². The minimum atomic E-state index is -0.569. The molecule has 0 unspecified atom stereocenters. The van der Waals surface area contributed by atoms with Crippen molar-refractivity contribution in [1.82, 2.24) is 15.4 Å². The number of nitrogens with one attached hydrogen (secondary N) is 3. The van der Waals surface area contributed by atoms with E-state index in [2.05, 4.69) is 16.2 Å². The molecule has 0 aliphatic carbocycles. The van der Waals surface area contributed by atoms with E-state index in [9.17, 15) is 14.9 Å². The van der Waals surface area contributed by atoms with Crippen molar-refractivity contribution in [3.05, 3.63) is 52.3 Å². The highest BCUT2D eigenvalue weighted by molar-refractivity contribution is 7.80. The minimum Gasteiger partial charge on any atom is -0.497 e. The van der Waals surface area contributed by atoms with Crippen LogP contribution in [0.4, 0.5) is 11.4 Å². The summed E-state index contributed by atoms with van der Waals surface area (Å²) in [5.41, 5.74) is 5.57. The zero-order valence-electron chi connectivity index (χ0n) is 12.9. The molecule has 1 amide bonds. The first-order valence-corrected chi connectivity index (χ1v) is 7.13. The van der Waals surface area contributed by atoms with Gasteiger partial charge in [0.25, 0.3) is 11.6 Å². The number of carbonyl (C=O) groups excluding carboxylic acids is 1. The van der Waals surface area contributed by atoms with Crippen molar-refractivity contribution in [2.24, 2.45) is 7.05 Å². The number of ether oxygens (including phenoxy) is 1. The summed E-state index contributed by atoms with van der Waals surface area (Å²) in [4.78, 5) is 22.2. The third kappa shape index (κ3) is 4.20. The second-order valence-corrected chi connectivity index (χ2v) is 5.12. The molecule has 1 aromatic heterocycles. The Balaban J connectivity index is 1.91. The third-order valence-electron chi connectivity index (χ3n) is 3.07. The first-order chi connectivity index (χ1) is 11.4. The number of hydrogen-bond acceptors (Lipinski definition) is 5. The van der Waals surface area contributed by atoms with Crippen molar-refractivity contribution in [3.63, 3.8) is 0 Å². The fourth-order valence-corrected chi connectivity index (χ4v) is 2.06. The van der Waals surface area contributed by atoms with Crippen LogP contribution in [0.3, 0.4) is 0 Å². The number of benzene rings is 1. The van der Waals surface area contributed by atoms with E-state index in [1.165, 1.54) is 23.9 Å². The average molecular weight is 349 g/mol. The van der Waals surface area contributed by atoms with Crippen LogP contribution in [0.1, 0.15) is 10.5 Å². The monoisotopic (exact) mass is 349 g/mol. The Labute approximate surface area is 142 Å². The van der Waals surface area contributed by atoms with Gasteiger partial charge in [-0.3, -0.25) is 25.8 Å². The number of thiocarbonyl (C=S) groups is 1. The number of methoxy groups -OCH3 is 1. The molecule has 0 aliphatic heterocycles. The van der Waals surface area contributed by atoms with Gasteiger partial charge in [-0.25, -0.2) is 0 Å². The average Bonchev–Trinajstić information content (AvgIpc) is 2.95. The summed E-state index contributed by atoms with van der Waals surface area (Å²) < 4.78 is 6.40. The quantitative estimate of drug-likeness (QED) is 0.436. The summed E-state index contributed by atoms with van der Waals surface area (Å²) in [6.45, 7) is 0. The number of nitrogens with zero attached hydrogens (tertiary/aromatic N) is 2. The smallest absolute Gasteiger partial charge is 0.287 e. The standard InChI is InChI=1S/C14H15N5O4S/c1-18-8-10(19(21)22)7-12(18)13(20)16-17-14(24)15-9-3-5-11(23-2)6-4-9/h3-8H,1-2H3,(H,16,20)(H2,15,17,24). The molecule has 0 radical (unpaired) electrons. The number of carbonyl (C=O) groups is 1. The molecule has 126 valence electrons. The zero-order valence-corrected chi connectivity index (χ0v) is 13.7. The van der Waals surface area contributed by atoms with E-state index in [0.717, 1.165) is 0 Å². The van der Waals surface area contributed by atoms with Gasteiger partial charge >= 0.3 is 0 Å². The number of aryl methyl sites for hydroxylation is 1. The van der Waals surface area contributed by atoms with Gasteiger partial charge in [0.1, 0.15) is 11.4 Å². The van der Waals surface area contributed by atoms with Crippen LogP contribution in [-0.4, -0.2) is 27.6 Å². The molecule has 0 atom stereocenters. The second kappa shape index (κ2) is 7.42. The molecule has 0 fully saturated rings. The molecule has 0 saturated carbocycles. The predicted octanol–water partition coefficient (Wildman–Crippen LogP) is 1.57. The van der Waals surface area contributed by atoms with E-state index in [-0.39, 0.29) is 16.5 Å². The summed E-state index contributed by atoms with van der Waals surface area (Å²) in [5.74, 6) is 0.155. The highest BCUT2D eigenvalue weighted by Gasteiger charge is 2.17. The fourth-order valence-electron chi connectivity index (χ4n) is 1.89. The molecule has 0 bridgehead atoms. The van der Waals surface area contributed by atoms with E-state index in [1.54, 1.807) is 31.4 Å². The lowest BCUT2D eigenvalue weighted by Gasteiger charge is -2.12. The number of rotatable bonds is 4. The van der Waals surface area contributed by atoms with Crippen molar-refractivity contribution in [2.45, 2.75) is 0 Å². The first kappa shape index (κ1) is 17.2. The van der Waals surface area contributed by atoms with Gasteiger partial charge in [0, 0.05) is 18.8 Å². The Morgan fingerprint density at radius 2 is 1.96 bits per heavy atom. The third-order valence-corrected chi connectivity index (χ3v) is 3.28. The van der Waals surface area contributed by atoms with E-state index in [1.807, 2.05) is 0 Å². The molecular formula is C14H15N5O4S. The van der Waals surface area contributed by atoms with Crippen molar-refractivity contribution in [1.29, 1.82) is 0 Å². The molecule has 2 aromatic rings. The molecule has 1 heterocycles. The van der Waals surface area contributed by atoms with Crippen LogP contribution in [0.15, 0.2) is 36.5 Å². The first-order valence-electron chi connectivity index (χ1n) is 6.73. The van der Waals surface area contributed by atoms with Crippen LogP contribution in [0.2, 0.25) is 0 Å². The van der Waals surface area contributed by atoms with Crippen LogP contribution >= 0.6 is 12.2 Å². The van der Waals surface area contributed by atoms with Crippen LogP contribution in [0, 0.1) is 10.1 Å². The van der Waals surface area contributed by atoms with Gasteiger partial charge in [-0.05, 0) is 36.5 Å². The Morgan fingerprint density at radius 1 is 1.29 bits per heavy atom. The van der Waals surface area contributed by atoms with Crippen molar-refractivity contribution >= 4 is 34.6 Å². The second-order valence-electron chi connectivity index (χ2n) is 4.71. The highest BCUT2D eigenvalue weighted by Crippen LogP contribution is 2.15. The SMILES string of the molecule is COc1ccc(NC(=S)NNC(=O)c2cc([N+](=O)[O-])cn2C)cc1. The lowest BCUT2D eigenvalue weighted by Crippen LogP contribution is -2.44. The molecule has 3 N–H and O–H groups in total. The summed E-state index contributed by atoms with van der Waals surface area (Å²) in [6.07, 6.45) is 1.25. The Hall–Kier alpha value is -3.14. The molecule has 0 aliphatic rings. The van der Waals surface area contributed by atoms with Crippen LogP contribution in [0.5, 0.6) is 5.75 Å². The maximum Gasteiger partial charge on any atom is 0.287 e. The van der Waals surface area contributed by atoms with Crippen molar-refractivity contribution in [3.8, 4) is 5.75 Å². The number of hydrogen-bond donors (Lipinski definition) is 3. The number of amides is 1. The largest absolute Gasteiger partial charge is 0.497 e. The van der Waals surface area contributed by atoms with Crippen molar-refractivity contribution < 1.29 is 14.5 Å². The van der Waals surface area contributed by atoms with Gasteiger partial charge in [0.05, 0.1) is 18.2 Å². The molecule has 10 heteroatoms. The van der Waals surface area contributed by atoms with E-state index < -0.39 is 10.8 Å². The van der Waals surface area contributed by atoms with Gasteiger partial charge < -0.3 is 14.6 Å². The van der Waals surface area contributed by atoms with Gasteiger partial charge in [-0.2, -0.15) is 0 Å². The van der Waals surface area contributed by atoms with Crippen LogP contribution < -0.4 is 20.9 Å². The summed E-state index contributed by atoms with van der Waals surface area (Å²) >= 11 is 5.06. The lowest BCUT2D eigenvalue weighted by atomic mass is 10.3. The fraction of sp³-hybridized carbons (Fsp3) is 0.143. The molecule has 0 saturated heterocycles. The predicted molar refractivity (Wildman–Crippen MR) is 91.9 cm³/mol. The lowest BCUT2D eigenvalue weighted by molar-refractivity contribution is -0.384. The van der Waals surface area contributed by atoms with Crippen LogP contribution in [-0.2, 0) is 7.05 Å². The number of nitro groups is 1.